The van der Waals surface area contributed by atoms with Crippen molar-refractivity contribution in [2.75, 3.05) is 6.54 Å². The topological polar surface area (TPSA) is 37.4 Å². The van der Waals surface area contributed by atoms with Crippen LogP contribution in [0.2, 0.25) is 10.0 Å². The zero-order valence-corrected chi connectivity index (χ0v) is 14.1. The average Bonchev–Trinajstić information content (AvgIpc) is 3.01. The molecule has 0 radical (unpaired) electrons. The Kier molecular flexibility index (Phi) is 4.46. The highest BCUT2D eigenvalue weighted by Crippen LogP contribution is 2.39. The van der Waals surface area contributed by atoms with Gasteiger partial charge in [-0.3, -0.25) is 0 Å². The van der Waals surface area contributed by atoms with Crippen LogP contribution in [0, 0.1) is 0 Å². The molecule has 0 saturated carbocycles. The van der Waals surface area contributed by atoms with Crippen molar-refractivity contribution < 1.29 is 8.42 Å². The number of sulfonamides is 1. The van der Waals surface area contributed by atoms with Crippen molar-refractivity contribution in [2.45, 2.75) is 23.8 Å². The van der Waals surface area contributed by atoms with Crippen LogP contribution in [0.4, 0.5) is 0 Å². The van der Waals surface area contributed by atoms with E-state index < -0.39 is 10.0 Å². The minimum atomic E-state index is -3.67. The molecular weight excluding hydrogens is 341 g/mol. The summed E-state index contributed by atoms with van der Waals surface area (Å²) in [6.45, 7) is 0.491. The Morgan fingerprint density at radius 3 is 2.45 bits per heavy atom. The summed E-state index contributed by atoms with van der Waals surface area (Å²) in [5.41, 5.74) is 1.00. The maximum atomic E-state index is 13.0. The molecule has 1 aliphatic rings. The van der Waals surface area contributed by atoms with Gasteiger partial charge in [0.15, 0.2) is 0 Å². The van der Waals surface area contributed by atoms with E-state index in [1.807, 2.05) is 30.3 Å². The predicted molar refractivity (Wildman–Crippen MR) is 88.8 cm³/mol. The standard InChI is InChI=1S/C16H15Cl2NO2S/c17-13-8-4-10-15(16(13)18)22(20,21)19-11-5-9-14(19)12-6-2-1-3-7-12/h1-4,6-8,10,14H,5,9,11H2/t14-/m1/s1. The van der Waals surface area contributed by atoms with Crippen LogP contribution in [0.5, 0.6) is 0 Å². The normalized spacial score (nSPS) is 19.5. The Hall–Kier alpha value is -1.07. The van der Waals surface area contributed by atoms with E-state index in [1.54, 1.807) is 12.1 Å². The Morgan fingerprint density at radius 2 is 1.73 bits per heavy atom. The van der Waals surface area contributed by atoms with Crippen LogP contribution in [0.3, 0.4) is 0 Å². The molecule has 6 heteroatoms. The lowest BCUT2D eigenvalue weighted by Gasteiger charge is -2.25. The lowest BCUT2D eigenvalue weighted by Crippen LogP contribution is -2.30. The third-order valence-corrected chi connectivity index (χ3v) is 6.77. The van der Waals surface area contributed by atoms with E-state index >= 15 is 0 Å². The van der Waals surface area contributed by atoms with Crippen molar-refractivity contribution in [3.8, 4) is 0 Å². The molecule has 3 rings (SSSR count). The molecule has 0 aliphatic carbocycles. The summed E-state index contributed by atoms with van der Waals surface area (Å²) in [6.07, 6.45) is 1.64. The minimum Gasteiger partial charge on any atom is -0.207 e. The predicted octanol–water partition coefficient (Wildman–Crippen LogP) is 4.52. The van der Waals surface area contributed by atoms with Gasteiger partial charge in [0.05, 0.1) is 16.1 Å². The van der Waals surface area contributed by atoms with Crippen LogP contribution < -0.4 is 0 Å². The molecule has 0 N–H and O–H groups in total. The Balaban J connectivity index is 2.03. The van der Waals surface area contributed by atoms with Crippen LogP contribution in [0.25, 0.3) is 0 Å². The SMILES string of the molecule is O=S(=O)(c1cccc(Cl)c1Cl)N1CCC[C@@H]1c1ccccc1. The molecular formula is C16H15Cl2NO2S. The molecule has 0 aromatic heterocycles. The zero-order chi connectivity index (χ0) is 15.7. The molecule has 2 aromatic carbocycles. The van der Waals surface area contributed by atoms with Gasteiger partial charge in [0, 0.05) is 6.54 Å². The third kappa shape index (κ3) is 2.76. The summed E-state index contributed by atoms with van der Waals surface area (Å²) >= 11 is 12.1. The first-order chi connectivity index (χ1) is 10.5. The van der Waals surface area contributed by atoms with E-state index in [0.717, 1.165) is 18.4 Å². The Bertz CT molecular complexity index is 778. The molecule has 1 heterocycles. The third-order valence-electron chi connectivity index (χ3n) is 3.89. The fourth-order valence-corrected chi connectivity index (χ4v) is 5.27. The van der Waals surface area contributed by atoms with E-state index in [4.69, 9.17) is 23.2 Å². The molecule has 0 unspecified atom stereocenters. The number of halogens is 2. The van der Waals surface area contributed by atoms with Crippen molar-refractivity contribution in [2.24, 2.45) is 0 Å². The molecule has 1 aliphatic heterocycles. The molecule has 0 spiro atoms. The number of hydrogen-bond donors (Lipinski definition) is 0. The molecule has 2 aromatic rings. The minimum absolute atomic E-state index is 0.0736. The van der Waals surface area contributed by atoms with Gasteiger partial charge in [-0.2, -0.15) is 4.31 Å². The summed E-state index contributed by atoms with van der Waals surface area (Å²) in [5, 5.41) is 0.334. The number of nitrogens with zero attached hydrogens (tertiary/aromatic N) is 1. The van der Waals surface area contributed by atoms with Crippen LogP contribution >= 0.6 is 23.2 Å². The van der Waals surface area contributed by atoms with Gasteiger partial charge < -0.3 is 0 Å². The molecule has 1 fully saturated rings. The summed E-state index contributed by atoms with van der Waals surface area (Å²) in [4.78, 5) is 0.0736. The van der Waals surface area contributed by atoms with Gasteiger partial charge in [-0.15, -0.1) is 0 Å². The van der Waals surface area contributed by atoms with Crippen molar-refractivity contribution in [3.05, 3.63) is 64.1 Å². The van der Waals surface area contributed by atoms with Gasteiger partial charge in [0.1, 0.15) is 4.90 Å². The second-order valence-electron chi connectivity index (χ2n) is 5.24. The van der Waals surface area contributed by atoms with E-state index in [1.165, 1.54) is 10.4 Å². The van der Waals surface area contributed by atoms with Crippen molar-refractivity contribution in [3.63, 3.8) is 0 Å². The van der Waals surface area contributed by atoms with E-state index in [9.17, 15) is 8.42 Å². The molecule has 116 valence electrons. The van der Waals surface area contributed by atoms with Gasteiger partial charge >= 0.3 is 0 Å². The molecule has 22 heavy (non-hydrogen) atoms. The Morgan fingerprint density at radius 1 is 1.00 bits per heavy atom. The van der Waals surface area contributed by atoms with Gasteiger partial charge in [0.2, 0.25) is 10.0 Å². The fraction of sp³-hybridized carbons (Fsp3) is 0.250. The highest BCUT2D eigenvalue weighted by Gasteiger charge is 2.37. The van der Waals surface area contributed by atoms with Crippen molar-refractivity contribution in [1.29, 1.82) is 0 Å². The monoisotopic (exact) mass is 355 g/mol. The first-order valence-electron chi connectivity index (χ1n) is 7.02. The number of hydrogen-bond acceptors (Lipinski definition) is 2. The van der Waals surface area contributed by atoms with E-state index in [0.29, 0.717) is 6.54 Å². The van der Waals surface area contributed by atoms with Crippen molar-refractivity contribution >= 4 is 33.2 Å². The van der Waals surface area contributed by atoms with Crippen LogP contribution in [0.15, 0.2) is 53.4 Å². The highest BCUT2D eigenvalue weighted by atomic mass is 35.5. The van der Waals surface area contributed by atoms with Gasteiger partial charge in [-0.25, -0.2) is 8.42 Å². The summed E-state index contributed by atoms with van der Waals surface area (Å²) in [6, 6.07) is 14.2. The maximum absolute atomic E-state index is 13.0. The lowest BCUT2D eigenvalue weighted by atomic mass is 10.1. The van der Waals surface area contributed by atoms with Gasteiger partial charge in [-0.1, -0.05) is 59.6 Å². The molecule has 1 atom stereocenters. The second kappa shape index (κ2) is 6.20. The quantitative estimate of drug-likeness (QED) is 0.811. The van der Waals surface area contributed by atoms with Crippen LogP contribution in [-0.2, 0) is 10.0 Å². The van der Waals surface area contributed by atoms with E-state index in [2.05, 4.69) is 0 Å². The molecule has 3 nitrogen and oxygen atoms in total. The molecule has 0 bridgehead atoms. The number of benzene rings is 2. The van der Waals surface area contributed by atoms with Crippen LogP contribution in [0.1, 0.15) is 24.4 Å². The van der Waals surface area contributed by atoms with Gasteiger partial charge in [0.25, 0.3) is 0 Å². The Labute approximate surface area is 140 Å². The largest absolute Gasteiger partial charge is 0.245 e. The maximum Gasteiger partial charge on any atom is 0.245 e. The smallest absolute Gasteiger partial charge is 0.207 e. The first-order valence-corrected chi connectivity index (χ1v) is 9.22. The van der Waals surface area contributed by atoms with E-state index in [-0.39, 0.29) is 21.0 Å². The van der Waals surface area contributed by atoms with Crippen molar-refractivity contribution in [1.82, 2.24) is 4.31 Å². The summed E-state index contributed by atoms with van der Waals surface area (Å²) < 4.78 is 27.5. The number of rotatable bonds is 3. The summed E-state index contributed by atoms with van der Waals surface area (Å²) in [7, 11) is -3.67. The second-order valence-corrected chi connectivity index (χ2v) is 7.88. The molecule has 0 amide bonds. The van der Waals surface area contributed by atoms with Crippen LogP contribution in [-0.4, -0.2) is 19.3 Å². The highest BCUT2D eigenvalue weighted by molar-refractivity contribution is 7.89. The molecule has 1 saturated heterocycles. The zero-order valence-electron chi connectivity index (χ0n) is 11.7. The average molecular weight is 356 g/mol. The fourth-order valence-electron chi connectivity index (χ4n) is 2.85. The lowest BCUT2D eigenvalue weighted by molar-refractivity contribution is 0.397. The summed E-state index contributed by atoms with van der Waals surface area (Å²) in [5.74, 6) is 0. The first kappa shape index (κ1) is 15.8. The van der Waals surface area contributed by atoms with Gasteiger partial charge in [-0.05, 0) is 30.5 Å².